The van der Waals surface area contributed by atoms with Crippen molar-refractivity contribution in [3.8, 4) is 0 Å². The second-order valence-electron chi connectivity index (χ2n) is 7.99. The number of hydrogen-bond acceptors (Lipinski definition) is 4. The molecule has 2 rings (SSSR count). The van der Waals surface area contributed by atoms with E-state index < -0.39 is 0 Å². The Kier molecular flexibility index (Phi) is 11.1. The molecule has 0 aromatic heterocycles. The Labute approximate surface area is 165 Å². The Morgan fingerprint density at radius 1 is 1.11 bits per heavy atom. The molecular formula is C21H41N3O3. The van der Waals surface area contributed by atoms with Crippen LogP contribution in [0.2, 0.25) is 0 Å². The summed E-state index contributed by atoms with van der Waals surface area (Å²) >= 11 is 0. The van der Waals surface area contributed by atoms with E-state index in [1.165, 1.54) is 25.7 Å². The van der Waals surface area contributed by atoms with Crippen LogP contribution in [0, 0.1) is 11.3 Å². The van der Waals surface area contributed by atoms with Crippen molar-refractivity contribution in [2.75, 3.05) is 59.8 Å². The average Bonchev–Trinajstić information content (AvgIpc) is 3.17. The first-order valence-electron chi connectivity index (χ1n) is 11.0. The van der Waals surface area contributed by atoms with Gasteiger partial charge in [0.1, 0.15) is 0 Å². The van der Waals surface area contributed by atoms with E-state index in [0.29, 0.717) is 11.3 Å². The molecular weight excluding hydrogens is 342 g/mol. The quantitative estimate of drug-likeness (QED) is 0.308. The predicted octanol–water partition coefficient (Wildman–Crippen LogP) is 2.97. The van der Waals surface area contributed by atoms with Gasteiger partial charge in [0, 0.05) is 59.8 Å². The van der Waals surface area contributed by atoms with E-state index in [1.807, 2.05) is 7.05 Å². The molecule has 0 atom stereocenters. The highest BCUT2D eigenvalue weighted by Gasteiger charge is 2.33. The fraction of sp³-hybridized carbons (Fsp3) is 0.952. The van der Waals surface area contributed by atoms with Crippen LogP contribution in [-0.4, -0.2) is 65.7 Å². The van der Waals surface area contributed by atoms with Crippen LogP contribution < -0.4 is 10.6 Å². The van der Waals surface area contributed by atoms with Crippen molar-refractivity contribution in [1.29, 1.82) is 0 Å². The maximum atomic E-state index is 5.83. The van der Waals surface area contributed by atoms with Gasteiger partial charge in [0.2, 0.25) is 0 Å². The Bertz CT molecular complexity index is 405. The third-order valence-electron chi connectivity index (χ3n) is 5.95. The highest BCUT2D eigenvalue weighted by molar-refractivity contribution is 5.79. The van der Waals surface area contributed by atoms with E-state index in [2.05, 4.69) is 22.5 Å². The maximum Gasteiger partial charge on any atom is 0.190 e. The lowest BCUT2D eigenvalue weighted by molar-refractivity contribution is 0.0203. The maximum absolute atomic E-state index is 5.83. The standard InChI is InChI=1S/C21H41N3O3/c1-3-25-16-11-21(9-4-5-10-21)18-24-20(22-2)23-12-6-13-27-17-19-7-14-26-15-8-19/h19H,3-18H2,1-2H3,(H2,22,23,24). The van der Waals surface area contributed by atoms with Gasteiger partial charge >= 0.3 is 0 Å². The molecule has 1 aliphatic carbocycles. The summed E-state index contributed by atoms with van der Waals surface area (Å²) in [6.07, 6.45) is 9.69. The van der Waals surface area contributed by atoms with Gasteiger partial charge in [-0.2, -0.15) is 0 Å². The second kappa shape index (κ2) is 13.3. The van der Waals surface area contributed by atoms with Crippen LogP contribution in [-0.2, 0) is 14.2 Å². The van der Waals surface area contributed by atoms with Crippen LogP contribution in [0.4, 0.5) is 0 Å². The van der Waals surface area contributed by atoms with Crippen LogP contribution in [0.25, 0.3) is 0 Å². The minimum absolute atomic E-state index is 0.375. The first kappa shape index (κ1) is 22.4. The minimum atomic E-state index is 0.375. The molecule has 1 heterocycles. The van der Waals surface area contributed by atoms with Gasteiger partial charge in [-0.1, -0.05) is 12.8 Å². The molecule has 0 aromatic rings. The van der Waals surface area contributed by atoms with Gasteiger partial charge in [-0.15, -0.1) is 0 Å². The van der Waals surface area contributed by atoms with Crippen molar-refractivity contribution in [3.63, 3.8) is 0 Å². The summed E-state index contributed by atoms with van der Waals surface area (Å²) in [4.78, 5) is 4.38. The Morgan fingerprint density at radius 2 is 1.89 bits per heavy atom. The molecule has 0 amide bonds. The van der Waals surface area contributed by atoms with Crippen LogP contribution in [0.1, 0.15) is 58.3 Å². The monoisotopic (exact) mass is 383 g/mol. The van der Waals surface area contributed by atoms with Gasteiger partial charge in [-0.05, 0) is 56.8 Å². The SMILES string of the molecule is CCOCCC1(CNC(=NC)NCCCOCC2CCOCC2)CCCC1. The van der Waals surface area contributed by atoms with Gasteiger partial charge in [0.05, 0.1) is 0 Å². The molecule has 0 aromatic carbocycles. The van der Waals surface area contributed by atoms with Crippen molar-refractivity contribution in [3.05, 3.63) is 0 Å². The van der Waals surface area contributed by atoms with Gasteiger partial charge in [0.15, 0.2) is 5.96 Å². The Hall–Kier alpha value is -0.850. The number of guanidine groups is 1. The van der Waals surface area contributed by atoms with Crippen molar-refractivity contribution in [2.45, 2.75) is 58.3 Å². The van der Waals surface area contributed by atoms with Crippen molar-refractivity contribution < 1.29 is 14.2 Å². The molecule has 0 spiro atoms. The fourth-order valence-electron chi connectivity index (χ4n) is 4.11. The van der Waals surface area contributed by atoms with Crippen LogP contribution in [0.15, 0.2) is 4.99 Å². The molecule has 158 valence electrons. The minimum Gasteiger partial charge on any atom is -0.382 e. The number of hydrogen-bond donors (Lipinski definition) is 2. The highest BCUT2D eigenvalue weighted by Crippen LogP contribution is 2.40. The lowest BCUT2D eigenvalue weighted by Crippen LogP contribution is -2.43. The van der Waals surface area contributed by atoms with E-state index >= 15 is 0 Å². The molecule has 1 saturated carbocycles. The molecule has 1 aliphatic heterocycles. The molecule has 6 heteroatoms. The third kappa shape index (κ3) is 8.79. The summed E-state index contributed by atoms with van der Waals surface area (Å²) in [5.74, 6) is 1.59. The molecule has 1 saturated heterocycles. The number of nitrogens with one attached hydrogen (secondary N) is 2. The van der Waals surface area contributed by atoms with Crippen molar-refractivity contribution in [2.24, 2.45) is 16.3 Å². The number of nitrogens with zero attached hydrogens (tertiary/aromatic N) is 1. The van der Waals surface area contributed by atoms with Gasteiger partial charge < -0.3 is 24.8 Å². The van der Waals surface area contributed by atoms with E-state index in [1.54, 1.807) is 0 Å². The molecule has 0 unspecified atom stereocenters. The van der Waals surface area contributed by atoms with Crippen molar-refractivity contribution in [1.82, 2.24) is 10.6 Å². The zero-order valence-corrected chi connectivity index (χ0v) is 17.6. The first-order chi connectivity index (χ1) is 13.3. The lowest BCUT2D eigenvalue weighted by Gasteiger charge is -2.30. The average molecular weight is 384 g/mol. The first-order valence-corrected chi connectivity index (χ1v) is 11.0. The lowest BCUT2D eigenvalue weighted by atomic mass is 9.83. The zero-order valence-electron chi connectivity index (χ0n) is 17.6. The van der Waals surface area contributed by atoms with Crippen LogP contribution in [0.3, 0.4) is 0 Å². The Morgan fingerprint density at radius 3 is 2.59 bits per heavy atom. The summed E-state index contributed by atoms with van der Waals surface area (Å²) in [6.45, 7) is 9.08. The second-order valence-corrected chi connectivity index (χ2v) is 7.99. The molecule has 2 fully saturated rings. The predicted molar refractivity (Wildman–Crippen MR) is 110 cm³/mol. The normalized spacial score (nSPS) is 20.7. The van der Waals surface area contributed by atoms with E-state index in [0.717, 1.165) is 84.4 Å². The largest absolute Gasteiger partial charge is 0.382 e. The summed E-state index contributed by atoms with van der Waals surface area (Å²) in [6, 6.07) is 0. The molecule has 0 radical (unpaired) electrons. The van der Waals surface area contributed by atoms with Gasteiger partial charge in [-0.25, -0.2) is 0 Å². The van der Waals surface area contributed by atoms with Gasteiger partial charge in [0.25, 0.3) is 0 Å². The summed E-state index contributed by atoms with van der Waals surface area (Å²) in [5, 5.41) is 6.97. The van der Waals surface area contributed by atoms with Crippen LogP contribution >= 0.6 is 0 Å². The smallest absolute Gasteiger partial charge is 0.190 e. The topological polar surface area (TPSA) is 64.1 Å². The summed E-state index contributed by atoms with van der Waals surface area (Å²) in [7, 11) is 1.85. The molecule has 27 heavy (non-hydrogen) atoms. The zero-order chi connectivity index (χ0) is 19.2. The van der Waals surface area contributed by atoms with E-state index in [4.69, 9.17) is 14.2 Å². The number of ether oxygens (including phenoxy) is 3. The fourth-order valence-corrected chi connectivity index (χ4v) is 4.11. The molecule has 6 nitrogen and oxygen atoms in total. The van der Waals surface area contributed by atoms with E-state index in [-0.39, 0.29) is 0 Å². The molecule has 2 N–H and O–H groups in total. The summed E-state index contributed by atoms with van der Waals surface area (Å²) < 4.78 is 16.8. The highest BCUT2D eigenvalue weighted by atomic mass is 16.5. The van der Waals surface area contributed by atoms with Crippen LogP contribution in [0.5, 0.6) is 0 Å². The summed E-state index contributed by atoms with van der Waals surface area (Å²) in [5.41, 5.74) is 0.375. The van der Waals surface area contributed by atoms with Gasteiger partial charge in [-0.3, -0.25) is 4.99 Å². The molecule has 0 bridgehead atoms. The third-order valence-corrected chi connectivity index (χ3v) is 5.95. The number of rotatable bonds is 12. The van der Waals surface area contributed by atoms with E-state index in [9.17, 15) is 0 Å². The molecule has 2 aliphatic rings. The van der Waals surface area contributed by atoms with Crippen molar-refractivity contribution >= 4 is 5.96 Å². The number of aliphatic imine (C=N–C) groups is 1. The Balaban J connectivity index is 1.56.